The number of hydrogen-bond acceptors (Lipinski definition) is 3. The van der Waals surface area contributed by atoms with Crippen LogP contribution in [-0.2, 0) is 0 Å². The molecule has 0 heterocycles. The number of para-hydroxylation sites is 1. The topological polar surface area (TPSA) is 35.5 Å². The summed E-state index contributed by atoms with van der Waals surface area (Å²) in [5, 5.41) is 0. The van der Waals surface area contributed by atoms with Gasteiger partial charge in [0.25, 0.3) is 0 Å². The van der Waals surface area contributed by atoms with Gasteiger partial charge < -0.3 is 9.47 Å². The maximum atomic E-state index is 12.4. The van der Waals surface area contributed by atoms with Crippen LogP contribution in [0.25, 0.3) is 0 Å². The Labute approximate surface area is 116 Å². The van der Waals surface area contributed by atoms with E-state index in [1.165, 1.54) is 25.1 Å². The van der Waals surface area contributed by atoms with E-state index < -0.39 is 22.7 Å². The van der Waals surface area contributed by atoms with Crippen molar-refractivity contribution in [1.29, 1.82) is 0 Å². The Morgan fingerprint density at radius 1 is 1.42 bits per heavy atom. The van der Waals surface area contributed by atoms with Crippen molar-refractivity contribution in [3.8, 4) is 11.5 Å². The molecule has 0 bridgehead atoms. The van der Waals surface area contributed by atoms with Gasteiger partial charge in [0, 0.05) is 0 Å². The SMILES string of the molecule is CCOc1cccc(C(=O)C(C)Br)c1OC(F)(F)F. The van der Waals surface area contributed by atoms with Crippen molar-refractivity contribution in [2.45, 2.75) is 25.0 Å². The van der Waals surface area contributed by atoms with Crippen LogP contribution in [0.3, 0.4) is 0 Å². The Morgan fingerprint density at radius 3 is 2.53 bits per heavy atom. The second kappa shape index (κ2) is 6.27. The van der Waals surface area contributed by atoms with Gasteiger partial charge in [-0.15, -0.1) is 13.2 Å². The van der Waals surface area contributed by atoms with E-state index in [9.17, 15) is 18.0 Å². The Morgan fingerprint density at radius 2 is 2.05 bits per heavy atom. The van der Waals surface area contributed by atoms with E-state index in [1.807, 2.05) is 0 Å². The Kier molecular flexibility index (Phi) is 5.22. The number of carbonyl (C=O) groups is 1. The molecule has 19 heavy (non-hydrogen) atoms. The van der Waals surface area contributed by atoms with Crippen LogP contribution in [0.15, 0.2) is 18.2 Å². The van der Waals surface area contributed by atoms with Crippen LogP contribution in [-0.4, -0.2) is 23.6 Å². The smallest absolute Gasteiger partial charge is 0.490 e. The Bertz CT molecular complexity index is 458. The van der Waals surface area contributed by atoms with E-state index in [2.05, 4.69) is 20.7 Å². The number of ether oxygens (including phenoxy) is 2. The first-order valence-corrected chi connectivity index (χ1v) is 6.37. The van der Waals surface area contributed by atoms with E-state index >= 15 is 0 Å². The predicted molar refractivity (Wildman–Crippen MR) is 67.0 cm³/mol. The zero-order valence-electron chi connectivity index (χ0n) is 10.3. The fourth-order valence-corrected chi connectivity index (χ4v) is 1.66. The average Bonchev–Trinajstić information content (AvgIpc) is 2.29. The van der Waals surface area contributed by atoms with Crippen molar-refractivity contribution in [1.82, 2.24) is 0 Å². The minimum atomic E-state index is -4.89. The summed E-state index contributed by atoms with van der Waals surface area (Å²) in [6.07, 6.45) is -4.89. The molecule has 0 saturated heterocycles. The lowest BCUT2D eigenvalue weighted by Gasteiger charge is -2.17. The summed E-state index contributed by atoms with van der Waals surface area (Å²) in [4.78, 5) is 11.2. The zero-order valence-corrected chi connectivity index (χ0v) is 11.8. The molecule has 7 heteroatoms. The van der Waals surface area contributed by atoms with E-state index in [0.717, 1.165) is 0 Å². The van der Waals surface area contributed by atoms with Crippen LogP contribution in [0.2, 0.25) is 0 Å². The summed E-state index contributed by atoms with van der Waals surface area (Å²) in [5.41, 5.74) is -0.173. The number of halogens is 4. The summed E-state index contributed by atoms with van der Waals surface area (Å²) in [5.74, 6) is -1.23. The van der Waals surface area contributed by atoms with Crippen molar-refractivity contribution in [2.24, 2.45) is 0 Å². The van der Waals surface area contributed by atoms with Crippen LogP contribution >= 0.6 is 15.9 Å². The van der Waals surface area contributed by atoms with Crippen LogP contribution in [0.4, 0.5) is 13.2 Å². The van der Waals surface area contributed by atoms with Crippen LogP contribution in [0.1, 0.15) is 24.2 Å². The summed E-state index contributed by atoms with van der Waals surface area (Å²) >= 11 is 3.03. The molecule has 0 aliphatic carbocycles. The van der Waals surface area contributed by atoms with Crippen molar-refractivity contribution < 1.29 is 27.4 Å². The van der Waals surface area contributed by atoms with E-state index in [1.54, 1.807) is 6.92 Å². The third-order valence-corrected chi connectivity index (χ3v) is 2.54. The van der Waals surface area contributed by atoms with E-state index in [-0.39, 0.29) is 17.9 Å². The van der Waals surface area contributed by atoms with Gasteiger partial charge in [0.1, 0.15) is 0 Å². The first-order valence-electron chi connectivity index (χ1n) is 5.46. The highest BCUT2D eigenvalue weighted by Crippen LogP contribution is 2.36. The molecule has 1 rings (SSSR count). The lowest BCUT2D eigenvalue weighted by Crippen LogP contribution is -2.21. The minimum Gasteiger partial charge on any atom is -0.490 e. The van der Waals surface area contributed by atoms with Gasteiger partial charge >= 0.3 is 6.36 Å². The third kappa shape index (κ3) is 4.41. The maximum Gasteiger partial charge on any atom is 0.573 e. The normalized spacial score (nSPS) is 12.9. The highest BCUT2D eigenvalue weighted by molar-refractivity contribution is 9.10. The summed E-state index contributed by atoms with van der Waals surface area (Å²) in [7, 11) is 0. The quantitative estimate of drug-likeness (QED) is 0.601. The summed E-state index contributed by atoms with van der Waals surface area (Å²) in [6, 6.07) is 4.03. The molecule has 1 aromatic carbocycles. The van der Waals surface area contributed by atoms with Gasteiger partial charge in [-0.05, 0) is 26.0 Å². The number of rotatable bonds is 5. The maximum absolute atomic E-state index is 12.4. The molecule has 1 unspecified atom stereocenters. The molecule has 0 spiro atoms. The summed E-state index contributed by atoms with van der Waals surface area (Å²) in [6.45, 7) is 3.31. The zero-order chi connectivity index (χ0) is 14.6. The fourth-order valence-electron chi connectivity index (χ4n) is 1.41. The third-order valence-electron chi connectivity index (χ3n) is 2.12. The summed E-state index contributed by atoms with van der Waals surface area (Å²) < 4.78 is 46.2. The van der Waals surface area contributed by atoms with Gasteiger partial charge in [-0.1, -0.05) is 22.0 Å². The highest BCUT2D eigenvalue weighted by atomic mass is 79.9. The van der Waals surface area contributed by atoms with Crippen molar-refractivity contribution >= 4 is 21.7 Å². The predicted octanol–water partition coefficient (Wildman–Crippen LogP) is 3.95. The molecule has 0 aromatic heterocycles. The van der Waals surface area contributed by atoms with Crippen molar-refractivity contribution in [2.75, 3.05) is 6.61 Å². The van der Waals surface area contributed by atoms with Crippen LogP contribution in [0, 0.1) is 0 Å². The number of benzene rings is 1. The first kappa shape index (κ1) is 15.8. The molecular weight excluding hydrogens is 329 g/mol. The van der Waals surface area contributed by atoms with Crippen molar-refractivity contribution in [3.63, 3.8) is 0 Å². The molecular formula is C12H12BrF3O3. The minimum absolute atomic E-state index is 0.112. The molecule has 1 aromatic rings. The Balaban J connectivity index is 3.29. The van der Waals surface area contributed by atoms with E-state index in [0.29, 0.717) is 0 Å². The van der Waals surface area contributed by atoms with Crippen LogP contribution in [0.5, 0.6) is 11.5 Å². The largest absolute Gasteiger partial charge is 0.573 e. The monoisotopic (exact) mass is 340 g/mol. The lowest BCUT2D eigenvalue weighted by atomic mass is 10.1. The highest BCUT2D eigenvalue weighted by Gasteiger charge is 2.35. The number of alkyl halides is 4. The van der Waals surface area contributed by atoms with Gasteiger partial charge in [0.2, 0.25) is 0 Å². The lowest BCUT2D eigenvalue weighted by molar-refractivity contribution is -0.275. The molecule has 1 atom stereocenters. The second-order valence-electron chi connectivity index (χ2n) is 3.59. The van der Waals surface area contributed by atoms with Crippen molar-refractivity contribution in [3.05, 3.63) is 23.8 Å². The second-order valence-corrected chi connectivity index (χ2v) is 4.97. The molecule has 0 aliphatic rings. The number of carbonyl (C=O) groups excluding carboxylic acids is 1. The number of ketones is 1. The van der Waals surface area contributed by atoms with Gasteiger partial charge in [-0.25, -0.2) is 0 Å². The van der Waals surface area contributed by atoms with Gasteiger partial charge in [0.05, 0.1) is 17.0 Å². The van der Waals surface area contributed by atoms with E-state index in [4.69, 9.17) is 4.74 Å². The average molecular weight is 341 g/mol. The molecule has 0 saturated carbocycles. The molecule has 3 nitrogen and oxygen atoms in total. The van der Waals surface area contributed by atoms with Gasteiger partial charge in [-0.3, -0.25) is 4.79 Å². The standard InChI is InChI=1S/C12H12BrF3O3/c1-3-18-9-6-4-5-8(10(17)7(2)13)11(9)19-12(14,15)16/h4-7H,3H2,1-2H3. The molecule has 0 amide bonds. The van der Waals surface area contributed by atoms with Gasteiger partial charge in [0.15, 0.2) is 17.3 Å². The fraction of sp³-hybridized carbons (Fsp3) is 0.417. The molecule has 106 valence electrons. The first-order chi connectivity index (χ1) is 8.76. The van der Waals surface area contributed by atoms with Crippen LogP contribution < -0.4 is 9.47 Å². The molecule has 0 N–H and O–H groups in total. The number of Topliss-reactive ketones (excluding diaryl/α,β-unsaturated/α-hetero) is 1. The van der Waals surface area contributed by atoms with Gasteiger partial charge in [-0.2, -0.15) is 0 Å². The molecule has 0 fully saturated rings. The Hall–Kier alpha value is -1.24. The number of hydrogen-bond donors (Lipinski definition) is 0. The molecule has 0 radical (unpaired) electrons. The molecule has 0 aliphatic heterocycles.